The fraction of sp³-hybridized carbons (Fsp3) is 0.286. The summed E-state index contributed by atoms with van der Waals surface area (Å²) < 4.78 is 0. The zero-order chi connectivity index (χ0) is 25.0. The third-order valence-corrected chi connectivity index (χ3v) is 5.70. The second kappa shape index (κ2) is 13.0. The van der Waals surface area contributed by atoms with Crippen molar-refractivity contribution in [2.75, 3.05) is 5.32 Å². The van der Waals surface area contributed by atoms with Crippen molar-refractivity contribution in [3.8, 4) is 0 Å². The molecule has 0 saturated heterocycles. The SMILES string of the molecule is C=C/C=C\C=C(/C)C(=O)Nc1cc2nc(/C=C/C=C(\C=C/C)NC(=O)C3CCCCC3)[nH]c2cn1. The number of rotatable bonds is 9. The molecule has 7 nitrogen and oxygen atoms in total. The number of hydrogen-bond acceptors (Lipinski definition) is 4. The van der Waals surface area contributed by atoms with E-state index in [1.165, 1.54) is 6.42 Å². The molecule has 0 spiro atoms. The second-order valence-corrected chi connectivity index (χ2v) is 8.44. The highest BCUT2D eigenvalue weighted by atomic mass is 16.2. The number of carbonyl (C=O) groups excluding carboxylic acids is 2. The molecule has 7 heteroatoms. The van der Waals surface area contributed by atoms with E-state index >= 15 is 0 Å². The fourth-order valence-electron chi connectivity index (χ4n) is 3.82. The largest absolute Gasteiger partial charge is 0.337 e. The zero-order valence-corrected chi connectivity index (χ0v) is 20.4. The molecule has 0 radical (unpaired) electrons. The minimum Gasteiger partial charge on any atom is -0.337 e. The summed E-state index contributed by atoms with van der Waals surface area (Å²) in [6, 6.07) is 1.72. The van der Waals surface area contributed by atoms with Crippen LogP contribution in [0.4, 0.5) is 5.82 Å². The van der Waals surface area contributed by atoms with E-state index < -0.39 is 0 Å². The normalized spacial score (nSPS) is 15.9. The van der Waals surface area contributed by atoms with Gasteiger partial charge in [0.2, 0.25) is 5.91 Å². The van der Waals surface area contributed by atoms with Gasteiger partial charge in [-0.1, -0.05) is 62.3 Å². The molecule has 2 amide bonds. The summed E-state index contributed by atoms with van der Waals surface area (Å²) in [4.78, 5) is 36.9. The summed E-state index contributed by atoms with van der Waals surface area (Å²) in [6.07, 6.45) is 23.2. The summed E-state index contributed by atoms with van der Waals surface area (Å²) in [5.41, 5.74) is 2.74. The standard InChI is InChI=1S/C28H33N5O2/c1-4-6-8-13-20(3)27(34)33-26-18-23-24(19-29-26)32-25(31-23)17-11-16-22(12-5-2)30-28(35)21-14-9-7-10-15-21/h4-6,8,11-13,16-19,21H,1,7,9-10,14-15H2,2-3H3,(H,30,35)(H,31,32)(H,29,33,34)/b8-6-,12-5-,17-11+,20-13+,22-16+. The van der Waals surface area contributed by atoms with E-state index in [2.05, 4.69) is 32.2 Å². The number of imidazole rings is 1. The molecular formula is C28H33N5O2. The summed E-state index contributed by atoms with van der Waals surface area (Å²) in [5, 5.41) is 5.82. The first-order valence-electron chi connectivity index (χ1n) is 11.9. The Morgan fingerprint density at radius 3 is 2.69 bits per heavy atom. The minimum atomic E-state index is -0.238. The topological polar surface area (TPSA) is 99.8 Å². The average Bonchev–Trinajstić information content (AvgIpc) is 3.26. The van der Waals surface area contributed by atoms with Gasteiger partial charge in [0.15, 0.2) is 0 Å². The lowest BCUT2D eigenvalue weighted by molar-refractivity contribution is -0.125. The van der Waals surface area contributed by atoms with E-state index in [9.17, 15) is 9.59 Å². The number of fused-ring (bicyclic) bond motifs is 1. The van der Waals surface area contributed by atoms with Crippen LogP contribution in [-0.4, -0.2) is 26.8 Å². The molecule has 1 saturated carbocycles. The number of nitrogens with one attached hydrogen (secondary N) is 3. The maximum atomic E-state index is 12.6. The van der Waals surface area contributed by atoms with Crippen LogP contribution in [0, 0.1) is 5.92 Å². The smallest absolute Gasteiger partial charge is 0.252 e. The summed E-state index contributed by atoms with van der Waals surface area (Å²) in [7, 11) is 0. The van der Waals surface area contributed by atoms with Crippen LogP contribution in [0.2, 0.25) is 0 Å². The number of H-pyrrole nitrogens is 1. The van der Waals surface area contributed by atoms with Gasteiger partial charge in [-0.25, -0.2) is 9.97 Å². The van der Waals surface area contributed by atoms with Gasteiger partial charge in [-0.15, -0.1) is 0 Å². The van der Waals surface area contributed by atoms with Crippen LogP contribution in [-0.2, 0) is 9.59 Å². The number of carbonyl (C=O) groups is 2. The van der Waals surface area contributed by atoms with Crippen LogP contribution < -0.4 is 10.6 Å². The average molecular weight is 472 g/mol. The maximum Gasteiger partial charge on any atom is 0.252 e. The first kappa shape index (κ1) is 25.6. The molecule has 1 aliphatic rings. The van der Waals surface area contributed by atoms with E-state index in [0.717, 1.165) is 36.9 Å². The number of pyridine rings is 1. The van der Waals surface area contributed by atoms with Gasteiger partial charge >= 0.3 is 0 Å². The molecule has 2 aromatic rings. The number of nitrogens with zero attached hydrogens (tertiary/aromatic N) is 2. The third-order valence-electron chi connectivity index (χ3n) is 5.70. The molecule has 0 bridgehead atoms. The Morgan fingerprint density at radius 1 is 1.14 bits per heavy atom. The Morgan fingerprint density at radius 2 is 1.94 bits per heavy atom. The lowest BCUT2D eigenvalue weighted by Crippen LogP contribution is -2.30. The van der Waals surface area contributed by atoms with Crippen molar-refractivity contribution in [1.29, 1.82) is 0 Å². The number of aromatic amines is 1. The van der Waals surface area contributed by atoms with Gasteiger partial charge in [0.25, 0.3) is 5.91 Å². The van der Waals surface area contributed by atoms with E-state index in [1.807, 2.05) is 37.3 Å². The molecule has 0 unspecified atom stereocenters. The number of anilines is 1. The van der Waals surface area contributed by atoms with Crippen molar-refractivity contribution in [1.82, 2.24) is 20.3 Å². The highest BCUT2D eigenvalue weighted by Gasteiger charge is 2.21. The van der Waals surface area contributed by atoms with E-state index in [0.29, 0.717) is 22.7 Å². The van der Waals surface area contributed by atoms with Gasteiger partial charge in [0.05, 0.1) is 17.2 Å². The van der Waals surface area contributed by atoms with Crippen LogP contribution in [0.25, 0.3) is 17.1 Å². The summed E-state index contributed by atoms with van der Waals surface area (Å²) in [5.74, 6) is 1.02. The molecule has 182 valence electrons. The first-order valence-corrected chi connectivity index (χ1v) is 11.9. The van der Waals surface area contributed by atoms with Gasteiger partial charge in [0, 0.05) is 23.3 Å². The van der Waals surface area contributed by atoms with Crippen LogP contribution in [0.15, 0.2) is 78.7 Å². The quantitative estimate of drug-likeness (QED) is 0.320. The molecule has 35 heavy (non-hydrogen) atoms. The maximum absolute atomic E-state index is 12.6. The molecule has 1 fully saturated rings. The Kier molecular flexibility index (Phi) is 9.54. The molecule has 1 aliphatic carbocycles. The number of hydrogen-bond donors (Lipinski definition) is 3. The van der Waals surface area contributed by atoms with Crippen molar-refractivity contribution < 1.29 is 9.59 Å². The van der Waals surface area contributed by atoms with Crippen LogP contribution in [0.3, 0.4) is 0 Å². The van der Waals surface area contributed by atoms with Gasteiger partial charge < -0.3 is 15.6 Å². The Labute approximate surface area is 206 Å². The minimum absolute atomic E-state index is 0.0913. The van der Waals surface area contributed by atoms with Crippen molar-refractivity contribution in [3.05, 3.63) is 84.5 Å². The molecule has 0 aliphatic heterocycles. The second-order valence-electron chi connectivity index (χ2n) is 8.44. The monoisotopic (exact) mass is 471 g/mol. The number of aromatic nitrogens is 3. The van der Waals surface area contributed by atoms with E-state index in [1.54, 1.807) is 43.5 Å². The molecular weight excluding hydrogens is 438 g/mol. The fourth-order valence-corrected chi connectivity index (χ4v) is 3.82. The Hall–Kier alpha value is -4.00. The lowest BCUT2D eigenvalue weighted by atomic mass is 9.88. The number of allylic oxidation sites excluding steroid dienone is 8. The van der Waals surface area contributed by atoms with Crippen molar-refractivity contribution in [2.45, 2.75) is 46.0 Å². The zero-order valence-electron chi connectivity index (χ0n) is 20.4. The molecule has 2 aromatic heterocycles. The lowest BCUT2D eigenvalue weighted by Gasteiger charge is -2.20. The van der Waals surface area contributed by atoms with Gasteiger partial charge in [-0.05, 0) is 44.9 Å². The molecule has 2 heterocycles. The van der Waals surface area contributed by atoms with Gasteiger partial charge in [-0.2, -0.15) is 0 Å². The first-order chi connectivity index (χ1) is 17.0. The molecule has 3 rings (SSSR count). The van der Waals surface area contributed by atoms with Crippen LogP contribution in [0.1, 0.15) is 51.8 Å². The van der Waals surface area contributed by atoms with Crippen molar-refractivity contribution in [2.24, 2.45) is 5.92 Å². The molecule has 0 atom stereocenters. The third kappa shape index (κ3) is 7.78. The Balaban J connectivity index is 1.67. The predicted molar refractivity (Wildman–Crippen MR) is 142 cm³/mol. The summed E-state index contributed by atoms with van der Waals surface area (Å²) in [6.45, 7) is 7.25. The van der Waals surface area contributed by atoms with Crippen LogP contribution >= 0.6 is 0 Å². The highest BCUT2D eigenvalue weighted by Crippen LogP contribution is 2.24. The summed E-state index contributed by atoms with van der Waals surface area (Å²) >= 11 is 0. The Bertz CT molecular complexity index is 1210. The van der Waals surface area contributed by atoms with Gasteiger partial charge in [0.1, 0.15) is 11.6 Å². The van der Waals surface area contributed by atoms with Crippen molar-refractivity contribution >= 4 is 34.7 Å². The molecule has 3 N–H and O–H groups in total. The van der Waals surface area contributed by atoms with Crippen LogP contribution in [0.5, 0.6) is 0 Å². The number of amides is 2. The highest BCUT2D eigenvalue weighted by molar-refractivity contribution is 6.03. The molecule has 0 aromatic carbocycles. The van der Waals surface area contributed by atoms with Gasteiger partial charge in [-0.3, -0.25) is 9.59 Å². The van der Waals surface area contributed by atoms with E-state index in [-0.39, 0.29) is 17.7 Å². The van der Waals surface area contributed by atoms with Crippen molar-refractivity contribution in [3.63, 3.8) is 0 Å². The van der Waals surface area contributed by atoms with E-state index in [4.69, 9.17) is 0 Å². The predicted octanol–water partition coefficient (Wildman–Crippen LogP) is 5.75.